The number of carboxylic acids is 1. The molecule has 0 saturated carbocycles. The van der Waals surface area contributed by atoms with E-state index in [-0.39, 0.29) is 47.9 Å². The number of amides is 1. The number of carbonyl (C=O) groups is 2. The Morgan fingerprint density at radius 2 is 1.86 bits per heavy atom. The van der Waals surface area contributed by atoms with E-state index in [0.29, 0.717) is 11.1 Å². The van der Waals surface area contributed by atoms with Crippen LogP contribution in [-0.2, 0) is 22.4 Å². The van der Waals surface area contributed by atoms with Gasteiger partial charge in [0, 0.05) is 23.6 Å². The summed E-state index contributed by atoms with van der Waals surface area (Å²) in [5.41, 5.74) is 1.32. The summed E-state index contributed by atoms with van der Waals surface area (Å²) in [6.45, 7) is -0.722. The second-order valence-corrected chi connectivity index (χ2v) is 8.57. The number of hydrogen-bond donors (Lipinski definition) is 1. The quantitative estimate of drug-likeness (QED) is 0.443. The summed E-state index contributed by atoms with van der Waals surface area (Å²) >= 11 is 6.20. The maximum absolute atomic E-state index is 14.7. The zero-order valence-corrected chi connectivity index (χ0v) is 19.6. The van der Waals surface area contributed by atoms with E-state index in [2.05, 4.69) is 0 Å². The van der Waals surface area contributed by atoms with Crippen molar-refractivity contribution in [2.75, 3.05) is 19.8 Å². The highest BCUT2D eigenvalue weighted by Gasteiger charge is 2.37. The fourth-order valence-electron chi connectivity index (χ4n) is 4.21. The van der Waals surface area contributed by atoms with Crippen LogP contribution in [-0.4, -0.2) is 41.8 Å². The molecule has 0 radical (unpaired) electrons. The minimum Gasteiger partial charge on any atom is -0.482 e. The molecule has 0 aliphatic carbocycles. The third kappa shape index (κ3) is 5.57. The summed E-state index contributed by atoms with van der Waals surface area (Å²) in [5.74, 6) is -3.56. The van der Waals surface area contributed by atoms with Crippen molar-refractivity contribution in [1.82, 2.24) is 4.90 Å². The van der Waals surface area contributed by atoms with Crippen LogP contribution in [0.25, 0.3) is 0 Å². The lowest BCUT2D eigenvalue weighted by Crippen LogP contribution is -2.41. The SMILES string of the molecule is O=C(O)COc1ccc(Cl)cc1[C@@H]1c2ccc(F)c(F)c2CCN1C(=O)OCCc1cccc(F)c1. The molecule has 0 saturated heterocycles. The van der Waals surface area contributed by atoms with Crippen LogP contribution in [0.1, 0.15) is 28.3 Å². The summed E-state index contributed by atoms with van der Waals surface area (Å²) in [6.07, 6.45) is -0.445. The van der Waals surface area contributed by atoms with Crippen LogP contribution in [0.4, 0.5) is 18.0 Å². The number of rotatable bonds is 7. The average Bonchev–Trinajstić information content (AvgIpc) is 2.84. The number of carbonyl (C=O) groups excluding carboxylic acids is 1. The van der Waals surface area contributed by atoms with Gasteiger partial charge in [-0.25, -0.2) is 22.8 Å². The van der Waals surface area contributed by atoms with Crippen LogP contribution < -0.4 is 4.74 Å². The molecule has 3 aromatic carbocycles. The van der Waals surface area contributed by atoms with Gasteiger partial charge in [-0.3, -0.25) is 4.90 Å². The normalized spacial score (nSPS) is 14.8. The van der Waals surface area contributed by atoms with Gasteiger partial charge in [0.1, 0.15) is 11.6 Å². The van der Waals surface area contributed by atoms with E-state index >= 15 is 0 Å². The molecule has 1 aliphatic heterocycles. The minimum absolute atomic E-state index is 0.0122. The molecule has 10 heteroatoms. The maximum atomic E-state index is 14.7. The number of aliphatic carboxylic acids is 1. The molecule has 1 heterocycles. The van der Waals surface area contributed by atoms with Gasteiger partial charge in [0.2, 0.25) is 0 Å². The standard InChI is InChI=1S/C26H21ClF3NO5/c27-16-4-7-22(36-14-23(32)33)20(13-16)25-19-5-6-21(29)24(30)18(19)8-10-31(25)26(34)35-11-9-15-2-1-3-17(28)12-15/h1-7,12-13,25H,8-11,14H2,(H,32,33)/t25-/m0/s1. The van der Waals surface area contributed by atoms with Crippen molar-refractivity contribution in [3.05, 3.63) is 99.3 Å². The number of hydrogen-bond acceptors (Lipinski definition) is 4. The first-order valence-electron chi connectivity index (χ1n) is 11.0. The Hall–Kier alpha value is -3.72. The van der Waals surface area contributed by atoms with Gasteiger partial charge in [-0.15, -0.1) is 0 Å². The van der Waals surface area contributed by atoms with Gasteiger partial charge in [0.15, 0.2) is 18.2 Å². The lowest BCUT2D eigenvalue weighted by atomic mass is 9.87. The smallest absolute Gasteiger partial charge is 0.410 e. The van der Waals surface area contributed by atoms with Crippen LogP contribution in [0.5, 0.6) is 5.75 Å². The van der Waals surface area contributed by atoms with Crippen molar-refractivity contribution < 1.29 is 37.3 Å². The molecule has 1 atom stereocenters. The summed E-state index contributed by atoms with van der Waals surface area (Å²) in [7, 11) is 0. The fraction of sp³-hybridized carbons (Fsp3) is 0.231. The third-order valence-corrected chi connectivity index (χ3v) is 6.03. The molecule has 3 aromatic rings. The van der Waals surface area contributed by atoms with Crippen LogP contribution >= 0.6 is 11.6 Å². The zero-order chi connectivity index (χ0) is 25.8. The first kappa shape index (κ1) is 25.4. The van der Waals surface area contributed by atoms with E-state index in [9.17, 15) is 22.8 Å². The summed E-state index contributed by atoms with van der Waals surface area (Å²) < 4.78 is 53.0. The van der Waals surface area contributed by atoms with E-state index in [1.54, 1.807) is 12.1 Å². The monoisotopic (exact) mass is 519 g/mol. The molecule has 0 aromatic heterocycles. The number of halogens is 4. The van der Waals surface area contributed by atoms with Gasteiger partial charge < -0.3 is 14.6 Å². The average molecular weight is 520 g/mol. The third-order valence-electron chi connectivity index (χ3n) is 5.80. The van der Waals surface area contributed by atoms with Crippen molar-refractivity contribution in [1.29, 1.82) is 0 Å². The molecule has 0 unspecified atom stereocenters. The van der Waals surface area contributed by atoms with Gasteiger partial charge in [-0.05, 0) is 59.5 Å². The van der Waals surface area contributed by atoms with Crippen molar-refractivity contribution in [2.24, 2.45) is 0 Å². The molecule has 188 valence electrons. The lowest BCUT2D eigenvalue weighted by molar-refractivity contribution is -0.139. The number of carboxylic acid groups (broad SMARTS) is 1. The number of benzene rings is 3. The van der Waals surface area contributed by atoms with E-state index in [1.807, 2.05) is 0 Å². The van der Waals surface area contributed by atoms with Crippen LogP contribution in [0.2, 0.25) is 5.02 Å². The van der Waals surface area contributed by atoms with Crippen molar-refractivity contribution in [3.63, 3.8) is 0 Å². The molecule has 1 N–H and O–H groups in total. The second kappa shape index (κ2) is 10.9. The number of ether oxygens (including phenoxy) is 2. The lowest BCUT2D eigenvalue weighted by Gasteiger charge is -2.37. The van der Waals surface area contributed by atoms with Crippen molar-refractivity contribution in [2.45, 2.75) is 18.9 Å². The first-order chi connectivity index (χ1) is 17.2. The molecule has 36 heavy (non-hydrogen) atoms. The molecule has 1 aliphatic rings. The highest BCUT2D eigenvalue weighted by Crippen LogP contribution is 2.41. The van der Waals surface area contributed by atoms with Gasteiger partial charge in [0.05, 0.1) is 12.6 Å². The van der Waals surface area contributed by atoms with E-state index < -0.39 is 42.2 Å². The van der Waals surface area contributed by atoms with E-state index in [4.69, 9.17) is 26.2 Å². The Morgan fingerprint density at radius 1 is 1.06 bits per heavy atom. The van der Waals surface area contributed by atoms with Crippen LogP contribution in [0.15, 0.2) is 54.6 Å². The van der Waals surface area contributed by atoms with Crippen molar-refractivity contribution >= 4 is 23.7 Å². The Balaban J connectivity index is 1.67. The zero-order valence-electron chi connectivity index (χ0n) is 18.8. The van der Waals surface area contributed by atoms with Gasteiger partial charge in [-0.2, -0.15) is 0 Å². The molecule has 4 rings (SSSR count). The summed E-state index contributed by atoms with van der Waals surface area (Å²) in [5, 5.41) is 9.32. The Labute approximate surface area is 209 Å². The molecule has 0 spiro atoms. The maximum Gasteiger partial charge on any atom is 0.410 e. The number of nitrogens with zero attached hydrogens (tertiary/aromatic N) is 1. The Morgan fingerprint density at radius 3 is 2.61 bits per heavy atom. The van der Waals surface area contributed by atoms with Crippen LogP contribution in [0.3, 0.4) is 0 Å². The van der Waals surface area contributed by atoms with E-state index in [1.165, 1.54) is 41.3 Å². The van der Waals surface area contributed by atoms with Gasteiger partial charge in [-0.1, -0.05) is 29.8 Å². The number of fused-ring (bicyclic) bond motifs is 1. The molecular formula is C26H21ClF3NO5. The highest BCUT2D eigenvalue weighted by atomic mass is 35.5. The predicted octanol–water partition coefficient (Wildman–Crippen LogP) is 5.55. The first-order valence-corrected chi connectivity index (χ1v) is 11.4. The highest BCUT2D eigenvalue weighted by molar-refractivity contribution is 6.30. The second-order valence-electron chi connectivity index (χ2n) is 8.13. The van der Waals surface area contributed by atoms with E-state index in [0.717, 1.165) is 6.07 Å². The largest absolute Gasteiger partial charge is 0.482 e. The van der Waals surface area contributed by atoms with Gasteiger partial charge in [0.25, 0.3) is 0 Å². The van der Waals surface area contributed by atoms with Crippen molar-refractivity contribution in [3.8, 4) is 5.75 Å². The van der Waals surface area contributed by atoms with Gasteiger partial charge >= 0.3 is 12.1 Å². The Kier molecular flexibility index (Phi) is 7.69. The summed E-state index contributed by atoms with van der Waals surface area (Å²) in [4.78, 5) is 25.6. The predicted molar refractivity (Wildman–Crippen MR) is 125 cm³/mol. The molecular weight excluding hydrogens is 499 g/mol. The Bertz CT molecular complexity index is 1300. The molecule has 6 nitrogen and oxygen atoms in total. The molecule has 0 fully saturated rings. The molecule has 1 amide bonds. The topological polar surface area (TPSA) is 76.1 Å². The summed E-state index contributed by atoms with van der Waals surface area (Å²) in [6, 6.07) is 11.6. The fourth-order valence-corrected chi connectivity index (χ4v) is 4.40. The van der Waals surface area contributed by atoms with Crippen LogP contribution in [0, 0.1) is 17.5 Å². The molecule has 0 bridgehead atoms. The minimum atomic E-state index is -1.22.